The first kappa shape index (κ1) is 19.8. The third kappa shape index (κ3) is 4.87. The van der Waals surface area contributed by atoms with E-state index in [1.165, 1.54) is 18.4 Å². The van der Waals surface area contributed by atoms with Gasteiger partial charge in [0.15, 0.2) is 5.13 Å². The van der Waals surface area contributed by atoms with Crippen LogP contribution in [-0.4, -0.2) is 57.6 Å². The Morgan fingerprint density at radius 3 is 2.81 bits per heavy atom. The number of aromatic nitrogens is 1. The molecule has 0 bridgehead atoms. The zero-order chi connectivity index (χ0) is 19.4. The Balaban J connectivity index is 1.71. The minimum Gasteiger partial charge on any atom is -0.379 e. The predicted octanol–water partition coefficient (Wildman–Crippen LogP) is 1.27. The lowest BCUT2D eigenvalue weighted by molar-refractivity contribution is 0.0337. The Labute approximate surface area is 160 Å². The molecule has 1 aromatic heterocycles. The number of hydrogen-bond acceptors (Lipinski definition) is 7. The average molecular weight is 414 g/mol. The summed E-state index contributed by atoms with van der Waals surface area (Å²) in [6, 6.07) is 3.05. The summed E-state index contributed by atoms with van der Waals surface area (Å²) in [5, 5.41) is 4.67. The van der Waals surface area contributed by atoms with Gasteiger partial charge in [-0.25, -0.2) is 22.5 Å². The summed E-state index contributed by atoms with van der Waals surface area (Å²) in [6.07, 6.45) is 0. The number of morpholine rings is 1. The number of nitrogens with zero attached hydrogens (tertiary/aromatic N) is 2. The van der Waals surface area contributed by atoms with Crippen molar-refractivity contribution in [1.29, 1.82) is 0 Å². The van der Waals surface area contributed by atoms with E-state index in [1.54, 1.807) is 0 Å². The van der Waals surface area contributed by atoms with Crippen LogP contribution in [0.15, 0.2) is 28.5 Å². The molecule has 1 saturated heterocycles. The van der Waals surface area contributed by atoms with Gasteiger partial charge in [0.25, 0.3) is 5.91 Å². The second-order valence-corrected chi connectivity index (χ2v) is 8.58. The molecule has 1 aliphatic heterocycles. The maximum atomic E-state index is 14.0. The van der Waals surface area contributed by atoms with Crippen LogP contribution in [0.4, 0.5) is 9.52 Å². The van der Waals surface area contributed by atoms with Crippen molar-refractivity contribution in [3.8, 4) is 0 Å². The molecule has 146 valence electrons. The molecule has 2 N–H and O–H groups in total. The van der Waals surface area contributed by atoms with Crippen LogP contribution in [0.5, 0.6) is 0 Å². The highest BCUT2D eigenvalue weighted by Gasteiger charge is 2.19. The number of hydrogen-bond donors (Lipinski definition) is 2. The molecule has 0 saturated carbocycles. The quantitative estimate of drug-likeness (QED) is 0.739. The van der Waals surface area contributed by atoms with Crippen molar-refractivity contribution in [1.82, 2.24) is 14.6 Å². The first-order valence-corrected chi connectivity index (χ1v) is 10.5. The number of nitrogens with one attached hydrogen (secondary N) is 2. The van der Waals surface area contributed by atoms with E-state index in [9.17, 15) is 17.6 Å². The fourth-order valence-electron chi connectivity index (χ4n) is 2.55. The highest BCUT2D eigenvalue weighted by Crippen LogP contribution is 2.20. The van der Waals surface area contributed by atoms with Crippen molar-refractivity contribution in [2.24, 2.45) is 0 Å². The number of amides is 1. The molecule has 0 aliphatic carbocycles. The Morgan fingerprint density at radius 2 is 2.11 bits per heavy atom. The molecule has 1 fully saturated rings. The second kappa shape index (κ2) is 8.40. The van der Waals surface area contributed by atoms with E-state index in [-0.39, 0.29) is 10.5 Å². The predicted molar refractivity (Wildman–Crippen MR) is 98.8 cm³/mol. The third-order valence-corrected chi connectivity index (χ3v) is 6.24. The third-order valence-electron chi connectivity index (χ3n) is 4.02. The number of benzene rings is 1. The molecular formula is C16H19FN4O4S2. The van der Waals surface area contributed by atoms with E-state index in [0.29, 0.717) is 24.9 Å². The fraction of sp³-hybridized carbons (Fsp3) is 0.375. The van der Waals surface area contributed by atoms with Crippen molar-refractivity contribution >= 4 is 32.4 Å². The van der Waals surface area contributed by atoms with E-state index in [2.05, 4.69) is 19.9 Å². The highest BCUT2D eigenvalue weighted by molar-refractivity contribution is 7.89. The summed E-state index contributed by atoms with van der Waals surface area (Å²) in [7, 11) is -2.54. The zero-order valence-electron chi connectivity index (χ0n) is 14.6. The molecule has 2 aromatic rings. The summed E-state index contributed by atoms with van der Waals surface area (Å²) in [5.74, 6) is -1.57. The number of anilines is 1. The summed E-state index contributed by atoms with van der Waals surface area (Å²) in [4.78, 5) is 18.7. The molecule has 1 amide bonds. The van der Waals surface area contributed by atoms with Gasteiger partial charge in [-0.3, -0.25) is 15.0 Å². The molecule has 27 heavy (non-hydrogen) atoms. The Hall–Kier alpha value is -1.92. The number of ether oxygens (including phenoxy) is 1. The van der Waals surface area contributed by atoms with E-state index in [1.807, 2.05) is 5.38 Å². The van der Waals surface area contributed by atoms with Gasteiger partial charge < -0.3 is 4.74 Å². The van der Waals surface area contributed by atoms with Crippen molar-refractivity contribution in [2.75, 3.05) is 38.7 Å². The van der Waals surface area contributed by atoms with Crippen LogP contribution in [0.25, 0.3) is 0 Å². The fourth-order valence-corrected chi connectivity index (χ4v) is 4.01. The summed E-state index contributed by atoms with van der Waals surface area (Å²) < 4.78 is 45.1. The van der Waals surface area contributed by atoms with Crippen LogP contribution in [0.3, 0.4) is 0 Å². The summed E-state index contributed by atoms with van der Waals surface area (Å²) >= 11 is 1.23. The number of sulfonamides is 1. The van der Waals surface area contributed by atoms with Crippen LogP contribution >= 0.6 is 11.3 Å². The van der Waals surface area contributed by atoms with Crippen LogP contribution < -0.4 is 10.0 Å². The van der Waals surface area contributed by atoms with Gasteiger partial charge in [0.05, 0.1) is 29.4 Å². The summed E-state index contributed by atoms with van der Waals surface area (Å²) in [5.41, 5.74) is 0.431. The van der Waals surface area contributed by atoms with Crippen LogP contribution in [0.2, 0.25) is 0 Å². The lowest BCUT2D eigenvalue weighted by atomic mass is 10.2. The molecule has 0 unspecified atom stereocenters. The van der Waals surface area contributed by atoms with Gasteiger partial charge >= 0.3 is 0 Å². The van der Waals surface area contributed by atoms with Crippen molar-refractivity contribution in [3.05, 3.63) is 40.7 Å². The molecule has 3 rings (SSSR count). The van der Waals surface area contributed by atoms with Gasteiger partial charge in [-0.05, 0) is 25.2 Å². The Morgan fingerprint density at radius 1 is 1.37 bits per heavy atom. The van der Waals surface area contributed by atoms with Crippen LogP contribution in [-0.2, 0) is 21.3 Å². The highest BCUT2D eigenvalue weighted by atomic mass is 32.2. The average Bonchev–Trinajstić information content (AvgIpc) is 3.09. The normalized spacial score (nSPS) is 15.6. The van der Waals surface area contributed by atoms with Gasteiger partial charge in [0.2, 0.25) is 10.0 Å². The molecule has 0 atom stereocenters. The van der Waals surface area contributed by atoms with E-state index in [4.69, 9.17) is 4.74 Å². The van der Waals surface area contributed by atoms with Gasteiger partial charge in [0, 0.05) is 25.0 Å². The van der Waals surface area contributed by atoms with Gasteiger partial charge in [-0.2, -0.15) is 0 Å². The topological polar surface area (TPSA) is 101 Å². The summed E-state index contributed by atoms with van der Waals surface area (Å²) in [6.45, 7) is 3.63. The maximum absolute atomic E-state index is 14.0. The maximum Gasteiger partial charge on any atom is 0.260 e. The molecule has 11 heteroatoms. The molecule has 1 aromatic carbocycles. The van der Waals surface area contributed by atoms with E-state index in [0.717, 1.165) is 37.0 Å². The molecule has 2 heterocycles. The Kier molecular flexibility index (Phi) is 6.17. The van der Waals surface area contributed by atoms with E-state index >= 15 is 0 Å². The smallest absolute Gasteiger partial charge is 0.260 e. The van der Waals surface area contributed by atoms with Crippen LogP contribution in [0.1, 0.15) is 16.1 Å². The number of rotatable bonds is 6. The number of thiazole rings is 1. The molecule has 0 spiro atoms. The van der Waals surface area contributed by atoms with Gasteiger partial charge in [0.1, 0.15) is 5.82 Å². The standard InChI is InChI=1S/C16H19FN4O4S2/c1-18-27(23,24)12-2-3-14(17)13(8-12)15(22)20-16-19-11(10-26-16)9-21-4-6-25-7-5-21/h2-3,8,10,18H,4-7,9H2,1H3,(H,19,20,22). The molecule has 8 nitrogen and oxygen atoms in total. The minimum absolute atomic E-state index is 0.191. The number of halogens is 1. The van der Waals surface area contributed by atoms with Gasteiger partial charge in [-0.15, -0.1) is 11.3 Å². The minimum atomic E-state index is -3.78. The number of carbonyl (C=O) groups excluding carboxylic acids is 1. The number of carbonyl (C=O) groups is 1. The second-order valence-electron chi connectivity index (χ2n) is 5.84. The van der Waals surface area contributed by atoms with Crippen molar-refractivity contribution in [3.63, 3.8) is 0 Å². The monoisotopic (exact) mass is 414 g/mol. The van der Waals surface area contributed by atoms with E-state index < -0.39 is 21.7 Å². The first-order chi connectivity index (χ1) is 12.9. The molecule has 0 radical (unpaired) electrons. The largest absolute Gasteiger partial charge is 0.379 e. The van der Waals surface area contributed by atoms with Crippen molar-refractivity contribution in [2.45, 2.75) is 11.4 Å². The Bertz CT molecular complexity index is 926. The van der Waals surface area contributed by atoms with Gasteiger partial charge in [-0.1, -0.05) is 0 Å². The van der Waals surface area contributed by atoms with Crippen molar-refractivity contribution < 1.29 is 22.3 Å². The lowest BCUT2D eigenvalue weighted by Crippen LogP contribution is -2.35. The molecular weight excluding hydrogens is 395 g/mol. The first-order valence-electron chi connectivity index (χ1n) is 8.18. The lowest BCUT2D eigenvalue weighted by Gasteiger charge is -2.25. The zero-order valence-corrected chi connectivity index (χ0v) is 16.2. The SMILES string of the molecule is CNS(=O)(=O)c1ccc(F)c(C(=O)Nc2nc(CN3CCOCC3)cs2)c1. The van der Waals surface area contributed by atoms with Crippen LogP contribution in [0, 0.1) is 5.82 Å². The molecule has 1 aliphatic rings.